The molecule has 0 aliphatic carbocycles. The molecule has 1 aromatic heterocycles. The maximum absolute atomic E-state index is 13.0. The van der Waals surface area contributed by atoms with Crippen molar-refractivity contribution >= 4 is 23.0 Å². The quantitative estimate of drug-likeness (QED) is 0.832. The van der Waals surface area contributed by atoms with E-state index >= 15 is 0 Å². The predicted octanol–water partition coefficient (Wildman–Crippen LogP) is 1.99. The van der Waals surface area contributed by atoms with Crippen LogP contribution in [0.25, 0.3) is 0 Å². The maximum Gasteiger partial charge on any atom is 0.170 e. The highest BCUT2D eigenvalue weighted by molar-refractivity contribution is 7.80. The number of anilines is 1. The third-order valence-corrected chi connectivity index (χ3v) is 2.66. The van der Waals surface area contributed by atoms with Crippen molar-refractivity contribution < 1.29 is 4.39 Å². The van der Waals surface area contributed by atoms with E-state index in [0.29, 0.717) is 11.7 Å². The van der Waals surface area contributed by atoms with Gasteiger partial charge < -0.3 is 10.6 Å². The van der Waals surface area contributed by atoms with E-state index in [1.807, 2.05) is 12.3 Å². The van der Waals surface area contributed by atoms with E-state index in [2.05, 4.69) is 15.7 Å². The lowest BCUT2D eigenvalue weighted by atomic mass is 10.2. The molecule has 0 atom stereocenters. The fourth-order valence-electron chi connectivity index (χ4n) is 1.53. The molecule has 0 bridgehead atoms. The van der Waals surface area contributed by atoms with Crippen LogP contribution in [0.3, 0.4) is 0 Å². The normalized spacial score (nSPS) is 10.1. The summed E-state index contributed by atoms with van der Waals surface area (Å²) in [6.07, 6.45) is 3.48. The van der Waals surface area contributed by atoms with E-state index < -0.39 is 0 Å². The van der Waals surface area contributed by atoms with Crippen LogP contribution in [-0.4, -0.2) is 21.9 Å². The van der Waals surface area contributed by atoms with Crippen molar-refractivity contribution in [3.05, 3.63) is 48.0 Å². The first-order valence-corrected chi connectivity index (χ1v) is 5.84. The van der Waals surface area contributed by atoms with Crippen LogP contribution in [0, 0.1) is 5.82 Å². The van der Waals surface area contributed by atoms with Gasteiger partial charge in [0.15, 0.2) is 5.11 Å². The zero-order chi connectivity index (χ0) is 13.0. The first kappa shape index (κ1) is 12.5. The number of hydrogen-bond donors (Lipinski definition) is 2. The number of thiocarbonyl (C=S) groups is 1. The van der Waals surface area contributed by atoms with Crippen LogP contribution >= 0.6 is 12.2 Å². The van der Waals surface area contributed by atoms with E-state index in [0.717, 1.165) is 11.3 Å². The van der Waals surface area contributed by atoms with Gasteiger partial charge in [0.2, 0.25) is 0 Å². The lowest BCUT2D eigenvalue weighted by Gasteiger charge is -2.03. The summed E-state index contributed by atoms with van der Waals surface area (Å²) >= 11 is 4.98. The molecular weight excluding hydrogens is 251 g/mol. The molecular formula is C12H13FN4S. The molecule has 2 N–H and O–H groups in total. The molecule has 1 aromatic carbocycles. The second kappa shape index (κ2) is 5.59. The minimum Gasteiger partial charge on any atom is -0.366 e. The molecule has 6 heteroatoms. The Morgan fingerprint density at radius 3 is 3.06 bits per heavy atom. The number of aromatic nitrogens is 2. The Kier molecular flexibility index (Phi) is 3.88. The van der Waals surface area contributed by atoms with Crippen LogP contribution in [0.2, 0.25) is 0 Å². The zero-order valence-corrected chi connectivity index (χ0v) is 10.7. The smallest absolute Gasteiger partial charge is 0.170 e. The van der Waals surface area contributed by atoms with Crippen LogP contribution in [0.15, 0.2) is 36.7 Å². The summed E-state index contributed by atoms with van der Waals surface area (Å²) in [6, 6.07) is 6.46. The van der Waals surface area contributed by atoms with Gasteiger partial charge in [-0.3, -0.25) is 4.68 Å². The molecule has 0 spiro atoms. The van der Waals surface area contributed by atoms with Gasteiger partial charge in [-0.1, -0.05) is 12.1 Å². The standard InChI is InChI=1S/C12H13FN4S/c1-14-12(18)16-11-6-15-17(8-11)7-9-3-2-4-10(13)5-9/h2-6,8H,7H2,1H3,(H2,14,16,18). The maximum atomic E-state index is 13.0. The zero-order valence-electron chi connectivity index (χ0n) is 9.85. The fraction of sp³-hybridized carbons (Fsp3) is 0.167. The van der Waals surface area contributed by atoms with Crippen LogP contribution in [0.4, 0.5) is 10.1 Å². The molecule has 1 heterocycles. The SMILES string of the molecule is CNC(=S)Nc1cnn(Cc2cccc(F)c2)c1. The highest BCUT2D eigenvalue weighted by atomic mass is 32.1. The number of halogens is 1. The third kappa shape index (κ3) is 3.27. The molecule has 0 saturated carbocycles. The molecule has 0 saturated heterocycles. The van der Waals surface area contributed by atoms with Gasteiger partial charge in [-0.2, -0.15) is 5.10 Å². The van der Waals surface area contributed by atoms with Gasteiger partial charge >= 0.3 is 0 Å². The Labute approximate surface area is 110 Å². The number of nitrogens with zero attached hydrogens (tertiary/aromatic N) is 2. The Balaban J connectivity index is 2.04. The summed E-state index contributed by atoms with van der Waals surface area (Å²) in [5.74, 6) is -0.241. The van der Waals surface area contributed by atoms with E-state index in [1.165, 1.54) is 12.1 Å². The Hall–Kier alpha value is -1.95. The summed E-state index contributed by atoms with van der Waals surface area (Å²) in [7, 11) is 1.74. The van der Waals surface area contributed by atoms with Gasteiger partial charge in [-0.15, -0.1) is 0 Å². The number of hydrogen-bond acceptors (Lipinski definition) is 2. The van der Waals surface area contributed by atoms with Crippen LogP contribution in [0.5, 0.6) is 0 Å². The number of nitrogens with one attached hydrogen (secondary N) is 2. The summed E-state index contributed by atoms with van der Waals surface area (Å²) in [4.78, 5) is 0. The minimum atomic E-state index is -0.241. The second-order valence-corrected chi connectivity index (χ2v) is 4.17. The Bertz CT molecular complexity index is 553. The summed E-state index contributed by atoms with van der Waals surface area (Å²) in [5, 5.41) is 10.5. The average molecular weight is 264 g/mol. The average Bonchev–Trinajstić information content (AvgIpc) is 2.76. The third-order valence-electron chi connectivity index (χ3n) is 2.35. The molecule has 0 unspecified atom stereocenters. The lowest BCUT2D eigenvalue weighted by Crippen LogP contribution is -2.23. The molecule has 2 rings (SSSR count). The number of benzene rings is 1. The molecule has 2 aromatic rings. The topological polar surface area (TPSA) is 41.9 Å². The van der Waals surface area contributed by atoms with Crippen molar-refractivity contribution in [3.63, 3.8) is 0 Å². The molecule has 0 fully saturated rings. The van der Waals surface area contributed by atoms with Crippen LogP contribution in [0.1, 0.15) is 5.56 Å². The van der Waals surface area contributed by atoms with Gasteiger partial charge in [-0.05, 0) is 29.9 Å². The van der Waals surface area contributed by atoms with Crippen molar-refractivity contribution in [2.24, 2.45) is 0 Å². The predicted molar refractivity (Wildman–Crippen MR) is 73.0 cm³/mol. The molecule has 94 valence electrons. The summed E-state index contributed by atoms with van der Waals surface area (Å²) in [5.41, 5.74) is 1.66. The van der Waals surface area contributed by atoms with Gasteiger partial charge in [-0.25, -0.2) is 4.39 Å². The van der Waals surface area contributed by atoms with Gasteiger partial charge in [0, 0.05) is 13.2 Å². The Morgan fingerprint density at radius 2 is 2.33 bits per heavy atom. The van der Waals surface area contributed by atoms with E-state index in [4.69, 9.17) is 12.2 Å². The van der Waals surface area contributed by atoms with E-state index in [1.54, 1.807) is 24.0 Å². The second-order valence-electron chi connectivity index (χ2n) is 3.76. The van der Waals surface area contributed by atoms with Crippen LogP contribution < -0.4 is 10.6 Å². The lowest BCUT2D eigenvalue weighted by molar-refractivity contribution is 0.619. The largest absolute Gasteiger partial charge is 0.366 e. The highest BCUT2D eigenvalue weighted by Gasteiger charge is 2.01. The molecule has 18 heavy (non-hydrogen) atoms. The van der Waals surface area contributed by atoms with Crippen LogP contribution in [-0.2, 0) is 6.54 Å². The molecule has 0 aliphatic heterocycles. The Morgan fingerprint density at radius 1 is 1.50 bits per heavy atom. The van der Waals surface area contributed by atoms with Crippen molar-refractivity contribution in [1.82, 2.24) is 15.1 Å². The summed E-state index contributed by atoms with van der Waals surface area (Å²) < 4.78 is 14.7. The van der Waals surface area contributed by atoms with Crippen molar-refractivity contribution in [3.8, 4) is 0 Å². The summed E-state index contributed by atoms with van der Waals surface area (Å²) in [6.45, 7) is 0.520. The molecule has 0 radical (unpaired) electrons. The minimum absolute atomic E-state index is 0.241. The number of rotatable bonds is 3. The van der Waals surface area contributed by atoms with Gasteiger partial charge in [0.05, 0.1) is 18.4 Å². The van der Waals surface area contributed by atoms with E-state index in [-0.39, 0.29) is 5.82 Å². The molecule has 0 amide bonds. The monoisotopic (exact) mass is 264 g/mol. The van der Waals surface area contributed by atoms with E-state index in [9.17, 15) is 4.39 Å². The molecule has 4 nitrogen and oxygen atoms in total. The molecule has 0 aliphatic rings. The van der Waals surface area contributed by atoms with Crippen molar-refractivity contribution in [2.45, 2.75) is 6.54 Å². The van der Waals surface area contributed by atoms with Gasteiger partial charge in [0.25, 0.3) is 0 Å². The first-order valence-electron chi connectivity index (χ1n) is 5.43. The fourth-order valence-corrected chi connectivity index (χ4v) is 1.65. The van der Waals surface area contributed by atoms with Crippen molar-refractivity contribution in [1.29, 1.82) is 0 Å². The van der Waals surface area contributed by atoms with Gasteiger partial charge in [0.1, 0.15) is 5.82 Å². The highest BCUT2D eigenvalue weighted by Crippen LogP contribution is 2.09. The van der Waals surface area contributed by atoms with Crippen molar-refractivity contribution in [2.75, 3.05) is 12.4 Å². The first-order chi connectivity index (χ1) is 8.67.